The number of hydrogen-bond donors (Lipinski definition) is 1. The molecule has 0 aliphatic heterocycles. The number of aliphatic hydroxyl groups is 1. The summed E-state index contributed by atoms with van der Waals surface area (Å²) in [7, 11) is 0. The van der Waals surface area contributed by atoms with Gasteiger partial charge in [0, 0.05) is 6.42 Å². The van der Waals surface area contributed by atoms with Crippen molar-refractivity contribution in [2.45, 2.75) is 32.3 Å². The Morgan fingerprint density at radius 3 is 2.28 bits per heavy atom. The molecule has 1 unspecified atom stereocenters. The van der Waals surface area contributed by atoms with Crippen LogP contribution < -0.4 is 0 Å². The van der Waals surface area contributed by atoms with E-state index in [0.29, 0.717) is 6.42 Å². The van der Waals surface area contributed by atoms with Crippen molar-refractivity contribution in [2.24, 2.45) is 0 Å². The molecule has 0 heterocycles. The first-order valence-corrected chi connectivity index (χ1v) is 6.47. The SMILES string of the molecule is CCc1cccc(C(C)(O)Cc2ccccc2)c1. The van der Waals surface area contributed by atoms with E-state index in [-0.39, 0.29) is 0 Å². The van der Waals surface area contributed by atoms with Crippen molar-refractivity contribution in [3.63, 3.8) is 0 Å². The van der Waals surface area contributed by atoms with Gasteiger partial charge in [-0.1, -0.05) is 61.5 Å². The maximum absolute atomic E-state index is 10.7. The monoisotopic (exact) mass is 240 g/mol. The zero-order valence-corrected chi connectivity index (χ0v) is 11.1. The summed E-state index contributed by atoms with van der Waals surface area (Å²) in [5.41, 5.74) is 2.60. The van der Waals surface area contributed by atoms with Crippen LogP contribution in [-0.2, 0) is 18.4 Å². The van der Waals surface area contributed by atoms with Crippen LogP contribution in [0.1, 0.15) is 30.5 Å². The van der Waals surface area contributed by atoms with Crippen LogP contribution in [0.4, 0.5) is 0 Å². The molecule has 0 fully saturated rings. The fourth-order valence-corrected chi connectivity index (χ4v) is 2.22. The molecule has 1 N–H and O–H groups in total. The number of aryl methyl sites for hydroxylation is 1. The minimum Gasteiger partial charge on any atom is -0.385 e. The summed E-state index contributed by atoms with van der Waals surface area (Å²) in [6.07, 6.45) is 1.64. The van der Waals surface area contributed by atoms with Crippen molar-refractivity contribution >= 4 is 0 Å². The van der Waals surface area contributed by atoms with Gasteiger partial charge >= 0.3 is 0 Å². The third kappa shape index (κ3) is 2.99. The highest BCUT2D eigenvalue weighted by Gasteiger charge is 2.23. The average Bonchev–Trinajstić information content (AvgIpc) is 2.39. The number of benzene rings is 2. The second-order valence-electron chi connectivity index (χ2n) is 4.99. The number of hydrogen-bond acceptors (Lipinski definition) is 1. The molecule has 0 spiro atoms. The first-order chi connectivity index (χ1) is 8.62. The van der Waals surface area contributed by atoms with Crippen LogP contribution in [0.2, 0.25) is 0 Å². The molecule has 1 heteroatoms. The quantitative estimate of drug-likeness (QED) is 0.864. The molecular weight excluding hydrogens is 220 g/mol. The van der Waals surface area contributed by atoms with Gasteiger partial charge in [-0.25, -0.2) is 0 Å². The summed E-state index contributed by atoms with van der Waals surface area (Å²) < 4.78 is 0. The first-order valence-electron chi connectivity index (χ1n) is 6.47. The zero-order valence-electron chi connectivity index (χ0n) is 11.1. The Balaban J connectivity index is 2.24. The van der Waals surface area contributed by atoms with Gasteiger partial charge in [0.2, 0.25) is 0 Å². The molecule has 1 nitrogen and oxygen atoms in total. The molecule has 0 aliphatic rings. The van der Waals surface area contributed by atoms with E-state index in [4.69, 9.17) is 0 Å². The van der Waals surface area contributed by atoms with Crippen molar-refractivity contribution in [1.29, 1.82) is 0 Å². The molecule has 0 amide bonds. The molecule has 0 aromatic heterocycles. The Morgan fingerprint density at radius 2 is 1.61 bits per heavy atom. The van der Waals surface area contributed by atoms with Crippen LogP contribution in [0.5, 0.6) is 0 Å². The Kier molecular flexibility index (Phi) is 3.83. The van der Waals surface area contributed by atoms with Gasteiger partial charge < -0.3 is 5.11 Å². The molecule has 0 saturated heterocycles. The van der Waals surface area contributed by atoms with Gasteiger partial charge in [-0.05, 0) is 30.0 Å². The van der Waals surface area contributed by atoms with E-state index in [0.717, 1.165) is 17.5 Å². The molecule has 94 valence electrons. The third-order valence-electron chi connectivity index (χ3n) is 3.35. The lowest BCUT2D eigenvalue weighted by Crippen LogP contribution is -2.24. The lowest BCUT2D eigenvalue weighted by molar-refractivity contribution is 0.0575. The third-order valence-corrected chi connectivity index (χ3v) is 3.35. The molecule has 2 rings (SSSR count). The second-order valence-corrected chi connectivity index (χ2v) is 4.99. The Bertz CT molecular complexity index is 500. The fraction of sp³-hybridized carbons (Fsp3) is 0.294. The lowest BCUT2D eigenvalue weighted by Gasteiger charge is -2.24. The lowest BCUT2D eigenvalue weighted by atomic mass is 9.88. The van der Waals surface area contributed by atoms with E-state index >= 15 is 0 Å². The molecule has 2 aromatic carbocycles. The molecule has 1 atom stereocenters. The molecule has 0 bridgehead atoms. The summed E-state index contributed by atoms with van der Waals surface area (Å²) in [5, 5.41) is 10.7. The van der Waals surface area contributed by atoms with Crippen LogP contribution in [0, 0.1) is 0 Å². The van der Waals surface area contributed by atoms with Crippen molar-refractivity contribution in [1.82, 2.24) is 0 Å². The molecule has 0 aliphatic carbocycles. The van der Waals surface area contributed by atoms with E-state index in [1.165, 1.54) is 5.56 Å². The van der Waals surface area contributed by atoms with Gasteiger partial charge in [0.05, 0.1) is 5.60 Å². The highest BCUT2D eigenvalue weighted by Crippen LogP contribution is 2.26. The maximum atomic E-state index is 10.7. The van der Waals surface area contributed by atoms with Crippen LogP contribution in [0.15, 0.2) is 54.6 Å². The maximum Gasteiger partial charge on any atom is 0.0908 e. The Morgan fingerprint density at radius 1 is 0.944 bits per heavy atom. The highest BCUT2D eigenvalue weighted by molar-refractivity contribution is 5.30. The largest absolute Gasteiger partial charge is 0.385 e. The van der Waals surface area contributed by atoms with Gasteiger partial charge in [-0.2, -0.15) is 0 Å². The summed E-state index contributed by atoms with van der Waals surface area (Å²) in [5.74, 6) is 0. The molecule has 2 aromatic rings. The summed E-state index contributed by atoms with van der Waals surface area (Å²) in [6, 6.07) is 18.3. The average molecular weight is 240 g/mol. The summed E-state index contributed by atoms with van der Waals surface area (Å²) in [4.78, 5) is 0. The topological polar surface area (TPSA) is 20.2 Å². The minimum atomic E-state index is -0.813. The van der Waals surface area contributed by atoms with E-state index in [9.17, 15) is 5.11 Å². The van der Waals surface area contributed by atoms with Crippen molar-refractivity contribution in [3.8, 4) is 0 Å². The summed E-state index contributed by atoms with van der Waals surface area (Å²) >= 11 is 0. The number of rotatable bonds is 4. The zero-order chi connectivity index (χ0) is 13.0. The van der Waals surface area contributed by atoms with Gasteiger partial charge in [-0.3, -0.25) is 0 Å². The van der Waals surface area contributed by atoms with Gasteiger partial charge in [0.25, 0.3) is 0 Å². The standard InChI is InChI=1S/C17H20O/c1-3-14-10-7-11-16(12-14)17(2,18)13-15-8-5-4-6-9-15/h4-12,18H,3,13H2,1-2H3. The van der Waals surface area contributed by atoms with E-state index in [1.807, 2.05) is 37.3 Å². The van der Waals surface area contributed by atoms with Crippen LogP contribution in [0.25, 0.3) is 0 Å². The summed E-state index contributed by atoms with van der Waals surface area (Å²) in [6.45, 7) is 4.01. The fourth-order valence-electron chi connectivity index (χ4n) is 2.22. The van der Waals surface area contributed by atoms with E-state index in [2.05, 4.69) is 31.2 Å². The Hall–Kier alpha value is -1.60. The van der Waals surface area contributed by atoms with Gasteiger partial charge in [-0.15, -0.1) is 0 Å². The molecule has 0 saturated carbocycles. The van der Waals surface area contributed by atoms with Gasteiger partial charge in [0.15, 0.2) is 0 Å². The molecular formula is C17H20O. The normalized spacial score (nSPS) is 14.2. The van der Waals surface area contributed by atoms with Crippen molar-refractivity contribution in [2.75, 3.05) is 0 Å². The molecule has 18 heavy (non-hydrogen) atoms. The first kappa shape index (κ1) is 12.8. The second kappa shape index (κ2) is 5.36. The van der Waals surface area contributed by atoms with Crippen LogP contribution >= 0.6 is 0 Å². The van der Waals surface area contributed by atoms with Crippen LogP contribution in [-0.4, -0.2) is 5.11 Å². The van der Waals surface area contributed by atoms with Crippen LogP contribution in [0.3, 0.4) is 0 Å². The van der Waals surface area contributed by atoms with Crippen molar-refractivity contribution in [3.05, 3.63) is 71.3 Å². The van der Waals surface area contributed by atoms with Crippen molar-refractivity contribution < 1.29 is 5.11 Å². The molecule has 0 radical (unpaired) electrons. The Labute approximate surface area is 109 Å². The highest BCUT2D eigenvalue weighted by atomic mass is 16.3. The van der Waals surface area contributed by atoms with E-state index < -0.39 is 5.60 Å². The predicted molar refractivity (Wildman–Crippen MR) is 75.5 cm³/mol. The smallest absolute Gasteiger partial charge is 0.0908 e. The van der Waals surface area contributed by atoms with E-state index in [1.54, 1.807) is 0 Å². The van der Waals surface area contributed by atoms with Gasteiger partial charge in [0.1, 0.15) is 0 Å². The minimum absolute atomic E-state index is 0.640. The predicted octanol–water partition coefficient (Wildman–Crippen LogP) is 3.70.